The standard InChI is InChI=1S/C26H29N3O3/c1-17(27-16-22(29(2)3)18-10-6-5-7-11-18)26(30)28-21-15-24-20(14-25(21)31-4)19-12-8-9-13-23(19)32-24/h5-15,17,22,27H,16H2,1-4H3,(H,28,30). The van der Waals surface area contributed by atoms with Gasteiger partial charge in [0.1, 0.15) is 16.9 Å². The number of ether oxygens (including phenoxy) is 1. The molecule has 0 aliphatic carbocycles. The molecule has 166 valence electrons. The van der Waals surface area contributed by atoms with Gasteiger partial charge >= 0.3 is 0 Å². The van der Waals surface area contributed by atoms with Crippen LogP contribution in [-0.2, 0) is 4.79 Å². The first-order valence-corrected chi connectivity index (χ1v) is 10.7. The normalized spacial score (nSPS) is 13.4. The Bertz CT molecular complexity index is 1220. The molecular formula is C26H29N3O3. The summed E-state index contributed by atoms with van der Waals surface area (Å²) in [6.07, 6.45) is 0. The minimum atomic E-state index is -0.391. The van der Waals surface area contributed by atoms with Crippen LogP contribution >= 0.6 is 0 Å². The number of hydrogen-bond donors (Lipinski definition) is 2. The third-order valence-electron chi connectivity index (χ3n) is 5.78. The molecule has 0 aliphatic rings. The number of nitrogens with one attached hydrogen (secondary N) is 2. The first-order chi connectivity index (χ1) is 15.5. The second kappa shape index (κ2) is 9.42. The molecule has 0 saturated carbocycles. The second-order valence-corrected chi connectivity index (χ2v) is 8.16. The van der Waals surface area contributed by atoms with Crippen LogP contribution in [0.3, 0.4) is 0 Å². The molecule has 6 heteroatoms. The van der Waals surface area contributed by atoms with Crippen molar-refractivity contribution < 1.29 is 13.9 Å². The summed E-state index contributed by atoms with van der Waals surface area (Å²) < 4.78 is 11.5. The highest BCUT2D eigenvalue weighted by molar-refractivity contribution is 6.08. The number of para-hydroxylation sites is 1. The van der Waals surface area contributed by atoms with E-state index in [2.05, 4.69) is 27.7 Å². The zero-order valence-corrected chi connectivity index (χ0v) is 18.9. The van der Waals surface area contributed by atoms with Gasteiger partial charge in [0.25, 0.3) is 0 Å². The number of fused-ring (bicyclic) bond motifs is 3. The molecule has 4 aromatic rings. The van der Waals surface area contributed by atoms with E-state index in [9.17, 15) is 4.79 Å². The van der Waals surface area contributed by atoms with Crippen molar-refractivity contribution in [3.8, 4) is 5.75 Å². The van der Waals surface area contributed by atoms with Crippen LogP contribution in [0.25, 0.3) is 21.9 Å². The lowest BCUT2D eigenvalue weighted by Crippen LogP contribution is -2.42. The number of carbonyl (C=O) groups is 1. The number of carbonyl (C=O) groups excluding carboxylic acids is 1. The van der Waals surface area contributed by atoms with Crippen LogP contribution in [0, 0.1) is 0 Å². The molecule has 0 radical (unpaired) electrons. The van der Waals surface area contributed by atoms with Gasteiger partial charge < -0.3 is 24.7 Å². The van der Waals surface area contributed by atoms with E-state index in [0.717, 1.165) is 16.4 Å². The van der Waals surface area contributed by atoms with E-state index >= 15 is 0 Å². The van der Waals surface area contributed by atoms with Crippen LogP contribution in [0.2, 0.25) is 0 Å². The van der Waals surface area contributed by atoms with Gasteiger partial charge in [-0.15, -0.1) is 0 Å². The number of furan rings is 1. The van der Waals surface area contributed by atoms with E-state index < -0.39 is 6.04 Å². The van der Waals surface area contributed by atoms with Crippen molar-refractivity contribution in [3.63, 3.8) is 0 Å². The highest BCUT2D eigenvalue weighted by Crippen LogP contribution is 2.36. The summed E-state index contributed by atoms with van der Waals surface area (Å²) in [5.74, 6) is 0.462. The molecule has 4 rings (SSSR count). The quantitative estimate of drug-likeness (QED) is 0.419. The monoisotopic (exact) mass is 431 g/mol. The minimum Gasteiger partial charge on any atom is -0.495 e. The zero-order valence-electron chi connectivity index (χ0n) is 18.9. The van der Waals surface area contributed by atoms with Gasteiger partial charge in [-0.3, -0.25) is 4.79 Å². The van der Waals surface area contributed by atoms with Gasteiger partial charge in [0.15, 0.2) is 0 Å². The van der Waals surface area contributed by atoms with Gasteiger partial charge in [-0.25, -0.2) is 0 Å². The Morgan fingerprint density at radius 1 is 1.00 bits per heavy atom. The van der Waals surface area contributed by atoms with E-state index in [1.807, 2.05) is 75.6 Å². The highest BCUT2D eigenvalue weighted by Gasteiger charge is 2.20. The van der Waals surface area contributed by atoms with Crippen LogP contribution in [0.1, 0.15) is 18.5 Å². The molecule has 2 N–H and O–H groups in total. The van der Waals surface area contributed by atoms with E-state index in [-0.39, 0.29) is 11.9 Å². The fourth-order valence-electron chi connectivity index (χ4n) is 3.91. The van der Waals surface area contributed by atoms with Gasteiger partial charge in [0.05, 0.1) is 18.8 Å². The van der Waals surface area contributed by atoms with Crippen molar-refractivity contribution in [1.82, 2.24) is 10.2 Å². The molecule has 2 atom stereocenters. The van der Waals surface area contributed by atoms with Crippen molar-refractivity contribution in [3.05, 3.63) is 72.3 Å². The molecule has 1 amide bonds. The first-order valence-electron chi connectivity index (χ1n) is 10.7. The molecule has 0 fully saturated rings. The van der Waals surface area contributed by atoms with Gasteiger partial charge in [0.2, 0.25) is 5.91 Å². The molecule has 0 saturated heterocycles. The summed E-state index contributed by atoms with van der Waals surface area (Å²) in [4.78, 5) is 15.1. The number of nitrogens with zero attached hydrogens (tertiary/aromatic N) is 1. The van der Waals surface area contributed by atoms with Crippen molar-refractivity contribution >= 4 is 33.5 Å². The van der Waals surface area contributed by atoms with Crippen molar-refractivity contribution in [1.29, 1.82) is 0 Å². The third-order valence-corrected chi connectivity index (χ3v) is 5.78. The number of anilines is 1. The average molecular weight is 432 g/mol. The topological polar surface area (TPSA) is 66.7 Å². The molecule has 32 heavy (non-hydrogen) atoms. The Kier molecular flexibility index (Phi) is 6.44. The van der Waals surface area contributed by atoms with Crippen LogP contribution in [-0.4, -0.2) is 44.6 Å². The molecule has 1 heterocycles. The Morgan fingerprint density at radius 3 is 2.44 bits per heavy atom. The number of methoxy groups -OCH3 is 1. The fraction of sp³-hybridized carbons (Fsp3) is 0.269. The number of hydrogen-bond acceptors (Lipinski definition) is 5. The Balaban J connectivity index is 1.49. The summed E-state index contributed by atoms with van der Waals surface area (Å²) >= 11 is 0. The maximum absolute atomic E-state index is 12.9. The van der Waals surface area contributed by atoms with Gasteiger partial charge in [-0.2, -0.15) is 0 Å². The second-order valence-electron chi connectivity index (χ2n) is 8.16. The molecule has 1 aromatic heterocycles. The highest BCUT2D eigenvalue weighted by atomic mass is 16.5. The lowest BCUT2D eigenvalue weighted by molar-refractivity contribution is -0.117. The summed E-state index contributed by atoms with van der Waals surface area (Å²) in [7, 11) is 5.68. The summed E-state index contributed by atoms with van der Waals surface area (Å²) in [6, 6.07) is 21.6. The van der Waals surface area contributed by atoms with Gasteiger partial charge in [-0.05, 0) is 38.7 Å². The minimum absolute atomic E-state index is 0.135. The average Bonchev–Trinajstić information content (AvgIpc) is 3.16. The molecule has 0 bridgehead atoms. The molecule has 3 aromatic carbocycles. The Morgan fingerprint density at radius 2 is 1.72 bits per heavy atom. The van der Waals surface area contributed by atoms with E-state index in [4.69, 9.17) is 9.15 Å². The van der Waals surface area contributed by atoms with Crippen molar-refractivity contribution in [2.75, 3.05) is 33.1 Å². The zero-order chi connectivity index (χ0) is 22.7. The summed E-state index contributed by atoms with van der Waals surface area (Å²) in [5, 5.41) is 8.33. The van der Waals surface area contributed by atoms with Crippen LogP contribution in [0.15, 0.2) is 71.1 Å². The number of amides is 1. The predicted molar refractivity (Wildman–Crippen MR) is 129 cm³/mol. The van der Waals surface area contributed by atoms with E-state index in [1.165, 1.54) is 5.56 Å². The van der Waals surface area contributed by atoms with Gasteiger partial charge in [0, 0.05) is 29.4 Å². The molecular weight excluding hydrogens is 402 g/mol. The number of likely N-dealkylation sites (N-methyl/N-ethyl adjacent to an activating group) is 1. The Labute approximate surface area is 188 Å². The molecule has 6 nitrogen and oxygen atoms in total. The maximum atomic E-state index is 12.9. The van der Waals surface area contributed by atoms with Crippen molar-refractivity contribution in [2.24, 2.45) is 0 Å². The van der Waals surface area contributed by atoms with Gasteiger partial charge in [-0.1, -0.05) is 48.5 Å². The van der Waals surface area contributed by atoms with Crippen LogP contribution in [0.5, 0.6) is 5.75 Å². The SMILES string of the molecule is COc1cc2c(cc1NC(=O)C(C)NCC(c1ccccc1)N(C)C)oc1ccccc12. The molecule has 0 aliphatic heterocycles. The fourth-order valence-corrected chi connectivity index (χ4v) is 3.91. The van der Waals surface area contributed by atoms with Crippen molar-refractivity contribution in [2.45, 2.75) is 19.0 Å². The Hall–Kier alpha value is -3.35. The third kappa shape index (κ3) is 4.47. The molecule has 0 spiro atoms. The first kappa shape index (κ1) is 21.9. The van der Waals surface area contributed by atoms with Crippen LogP contribution in [0.4, 0.5) is 5.69 Å². The largest absolute Gasteiger partial charge is 0.495 e. The molecule has 2 unspecified atom stereocenters. The van der Waals surface area contributed by atoms with E-state index in [1.54, 1.807) is 7.11 Å². The number of benzene rings is 3. The smallest absolute Gasteiger partial charge is 0.241 e. The van der Waals surface area contributed by atoms with E-state index in [0.29, 0.717) is 23.6 Å². The summed E-state index contributed by atoms with van der Waals surface area (Å²) in [6.45, 7) is 2.50. The lowest BCUT2D eigenvalue weighted by atomic mass is 10.1. The summed E-state index contributed by atoms with van der Waals surface area (Å²) in [5.41, 5.74) is 3.30. The lowest BCUT2D eigenvalue weighted by Gasteiger charge is -2.26. The maximum Gasteiger partial charge on any atom is 0.241 e. The van der Waals surface area contributed by atoms with Crippen LogP contribution < -0.4 is 15.4 Å². The predicted octanol–water partition coefficient (Wildman–Crippen LogP) is 4.81. The number of rotatable bonds is 8.